The summed E-state index contributed by atoms with van der Waals surface area (Å²) >= 11 is 0. The quantitative estimate of drug-likeness (QED) is 0.464. The Labute approximate surface area is 174 Å². The lowest BCUT2D eigenvalue weighted by atomic mass is 10.00. The smallest absolute Gasteiger partial charge is 0.336 e. The number of carboxylic acid groups (broad SMARTS) is 1. The summed E-state index contributed by atoms with van der Waals surface area (Å²) in [6.45, 7) is 2.13. The van der Waals surface area contributed by atoms with Crippen LogP contribution in [-0.4, -0.2) is 15.6 Å². The highest BCUT2D eigenvalue weighted by Gasteiger charge is 2.10. The van der Waals surface area contributed by atoms with Gasteiger partial charge in [-0.05, 0) is 47.9 Å². The minimum Gasteiger partial charge on any atom is -0.478 e. The Hall–Kier alpha value is -3.86. The number of para-hydroxylation sites is 1. The van der Waals surface area contributed by atoms with Gasteiger partial charge in [-0.25, -0.2) is 4.79 Å². The first-order valence-electron chi connectivity index (χ1n) is 9.88. The number of nitrogens with one attached hydrogen (secondary N) is 1. The molecular weight excluding hydrogens is 374 g/mol. The summed E-state index contributed by atoms with van der Waals surface area (Å²) in [4.78, 5) is 11.5. The van der Waals surface area contributed by atoms with Gasteiger partial charge < -0.3 is 9.67 Å². The number of rotatable bonds is 5. The number of hydrogen-bond donors (Lipinski definition) is 2. The monoisotopic (exact) mass is 397 g/mol. The highest BCUT2D eigenvalue weighted by Crippen LogP contribution is 2.25. The first-order valence-corrected chi connectivity index (χ1v) is 9.88. The molecule has 0 saturated heterocycles. The number of hydrogen-bond acceptors (Lipinski definition) is 3. The third-order valence-electron chi connectivity index (χ3n) is 5.30. The molecule has 0 atom stereocenters. The Morgan fingerprint density at radius 2 is 1.70 bits per heavy atom. The fourth-order valence-corrected chi connectivity index (χ4v) is 3.67. The third kappa shape index (κ3) is 3.70. The maximum absolute atomic E-state index is 11.5. The number of nitrogens with zero attached hydrogens (tertiary/aromatic N) is 2. The fraction of sp³-hybridized carbons (Fsp3) is 0.120. The Bertz CT molecular complexity index is 1290. The number of aromatic nitrogens is 1. The highest BCUT2D eigenvalue weighted by atomic mass is 16.4. The van der Waals surface area contributed by atoms with Crippen LogP contribution in [0.3, 0.4) is 0 Å². The molecule has 0 amide bonds. The number of carboxylic acids is 1. The number of aryl methyl sites for hydroxylation is 2. The summed E-state index contributed by atoms with van der Waals surface area (Å²) in [5.74, 6) is -0.932. The van der Waals surface area contributed by atoms with Crippen LogP contribution in [0.2, 0.25) is 0 Å². The van der Waals surface area contributed by atoms with Crippen molar-refractivity contribution in [3.8, 4) is 11.1 Å². The van der Waals surface area contributed by atoms with Crippen molar-refractivity contribution < 1.29 is 9.90 Å². The average molecular weight is 397 g/mol. The third-order valence-corrected chi connectivity index (χ3v) is 5.30. The van der Waals surface area contributed by atoms with Gasteiger partial charge in [0.2, 0.25) is 0 Å². The Kier molecular flexibility index (Phi) is 5.35. The van der Waals surface area contributed by atoms with E-state index >= 15 is 0 Å². The minimum absolute atomic E-state index is 0.290. The Morgan fingerprint density at radius 1 is 1.00 bits per heavy atom. The largest absolute Gasteiger partial charge is 0.478 e. The van der Waals surface area contributed by atoms with Gasteiger partial charge in [0.1, 0.15) is 0 Å². The van der Waals surface area contributed by atoms with E-state index in [2.05, 4.69) is 47.3 Å². The first kappa shape index (κ1) is 19.5. The molecule has 0 spiro atoms. The molecule has 3 aromatic carbocycles. The van der Waals surface area contributed by atoms with E-state index in [1.165, 1.54) is 5.69 Å². The molecule has 5 heteroatoms. The van der Waals surface area contributed by atoms with Crippen LogP contribution in [0.4, 0.5) is 5.69 Å². The number of aromatic carboxylic acids is 1. The Morgan fingerprint density at radius 3 is 2.43 bits per heavy atom. The van der Waals surface area contributed by atoms with Crippen LogP contribution in [0.15, 0.2) is 84.0 Å². The van der Waals surface area contributed by atoms with Crippen molar-refractivity contribution in [2.24, 2.45) is 12.1 Å². The van der Waals surface area contributed by atoms with Crippen LogP contribution in [0, 0.1) is 0 Å². The lowest BCUT2D eigenvalue weighted by molar-refractivity contribution is 0.0697. The van der Waals surface area contributed by atoms with E-state index in [0.29, 0.717) is 11.1 Å². The molecule has 0 unspecified atom stereocenters. The summed E-state index contributed by atoms with van der Waals surface area (Å²) in [6, 6.07) is 25.0. The van der Waals surface area contributed by atoms with Crippen LogP contribution in [0.25, 0.3) is 22.0 Å². The zero-order chi connectivity index (χ0) is 21.1. The van der Waals surface area contributed by atoms with Crippen molar-refractivity contribution in [3.63, 3.8) is 0 Å². The van der Waals surface area contributed by atoms with Crippen LogP contribution >= 0.6 is 0 Å². The van der Waals surface area contributed by atoms with E-state index in [1.807, 2.05) is 48.5 Å². The second kappa shape index (κ2) is 8.25. The van der Waals surface area contributed by atoms with E-state index < -0.39 is 5.97 Å². The zero-order valence-electron chi connectivity index (χ0n) is 17.0. The van der Waals surface area contributed by atoms with Crippen LogP contribution in [-0.2, 0) is 13.5 Å². The number of anilines is 1. The molecule has 4 rings (SSSR count). The molecule has 5 nitrogen and oxygen atoms in total. The van der Waals surface area contributed by atoms with Gasteiger partial charge in [0.15, 0.2) is 0 Å². The van der Waals surface area contributed by atoms with Crippen LogP contribution in [0.5, 0.6) is 0 Å². The van der Waals surface area contributed by atoms with Crippen molar-refractivity contribution in [1.29, 1.82) is 0 Å². The first-order chi connectivity index (χ1) is 14.6. The molecule has 4 aromatic rings. The lowest BCUT2D eigenvalue weighted by Crippen LogP contribution is -2.14. The molecule has 0 aliphatic heterocycles. The molecule has 0 fully saturated rings. The molecule has 0 bridgehead atoms. The maximum Gasteiger partial charge on any atom is 0.336 e. The van der Waals surface area contributed by atoms with Crippen molar-refractivity contribution in [3.05, 3.63) is 95.5 Å². The number of benzene rings is 3. The second-order valence-electron chi connectivity index (χ2n) is 7.10. The summed E-state index contributed by atoms with van der Waals surface area (Å²) < 4.78 is 2.20. The molecule has 150 valence electrons. The maximum atomic E-state index is 11.5. The van der Waals surface area contributed by atoms with Gasteiger partial charge in [0, 0.05) is 18.1 Å². The van der Waals surface area contributed by atoms with Crippen LogP contribution in [0.1, 0.15) is 23.0 Å². The second-order valence-corrected chi connectivity index (χ2v) is 7.10. The molecule has 2 N–H and O–H groups in total. The SMILES string of the molecule is CCc1c/c(=N/Nc2ccc(-c3ccccc3C(=O)O)cc2)c2ccccc2n1C. The van der Waals surface area contributed by atoms with E-state index in [1.54, 1.807) is 12.1 Å². The Balaban J connectivity index is 1.68. The van der Waals surface area contributed by atoms with E-state index in [4.69, 9.17) is 0 Å². The topological polar surface area (TPSA) is 66.6 Å². The summed E-state index contributed by atoms with van der Waals surface area (Å²) in [7, 11) is 2.08. The van der Waals surface area contributed by atoms with Gasteiger partial charge in [-0.15, -0.1) is 0 Å². The molecular formula is C25H23N3O2. The average Bonchev–Trinajstić information content (AvgIpc) is 2.79. The summed E-state index contributed by atoms with van der Waals surface area (Å²) in [5.41, 5.74) is 8.15. The molecule has 0 aliphatic carbocycles. The van der Waals surface area contributed by atoms with Crippen molar-refractivity contribution in [2.45, 2.75) is 13.3 Å². The van der Waals surface area contributed by atoms with Gasteiger partial charge in [-0.2, -0.15) is 5.10 Å². The number of carbonyl (C=O) groups is 1. The van der Waals surface area contributed by atoms with Crippen molar-refractivity contribution in [1.82, 2.24) is 4.57 Å². The van der Waals surface area contributed by atoms with Crippen molar-refractivity contribution in [2.75, 3.05) is 5.43 Å². The predicted molar refractivity (Wildman–Crippen MR) is 120 cm³/mol. The van der Waals surface area contributed by atoms with Gasteiger partial charge in [-0.3, -0.25) is 5.43 Å². The summed E-state index contributed by atoms with van der Waals surface area (Å²) in [5, 5.41) is 16.0. The highest BCUT2D eigenvalue weighted by molar-refractivity contribution is 5.96. The van der Waals surface area contributed by atoms with E-state index in [-0.39, 0.29) is 0 Å². The molecule has 0 radical (unpaired) electrons. The lowest BCUT2D eigenvalue weighted by Gasteiger charge is -2.12. The minimum atomic E-state index is -0.932. The van der Waals surface area contributed by atoms with Gasteiger partial charge in [0.25, 0.3) is 0 Å². The molecule has 30 heavy (non-hydrogen) atoms. The van der Waals surface area contributed by atoms with Gasteiger partial charge >= 0.3 is 5.97 Å². The summed E-state index contributed by atoms with van der Waals surface area (Å²) in [6.07, 6.45) is 0.918. The van der Waals surface area contributed by atoms with Gasteiger partial charge in [0.05, 0.1) is 22.1 Å². The van der Waals surface area contributed by atoms with Crippen LogP contribution < -0.4 is 10.8 Å². The zero-order valence-corrected chi connectivity index (χ0v) is 17.0. The predicted octanol–water partition coefficient (Wildman–Crippen LogP) is 5.03. The molecule has 1 heterocycles. The molecule has 1 aromatic heterocycles. The number of fused-ring (bicyclic) bond motifs is 1. The fourth-order valence-electron chi connectivity index (χ4n) is 3.67. The number of pyridine rings is 1. The van der Waals surface area contributed by atoms with Gasteiger partial charge in [-0.1, -0.05) is 55.5 Å². The molecule has 0 saturated carbocycles. The van der Waals surface area contributed by atoms with Crippen molar-refractivity contribution >= 4 is 22.6 Å². The molecule has 0 aliphatic rings. The normalized spacial score (nSPS) is 11.6. The standard InChI is InChI=1S/C25H23N3O2/c1-3-19-16-23(22-10-6-7-11-24(22)28(19)2)27-26-18-14-12-17(13-15-18)20-8-4-5-9-21(20)25(29)30/h4-16,26H,3H2,1-2H3,(H,29,30)/b27-23-. The van der Waals surface area contributed by atoms with E-state index in [9.17, 15) is 9.90 Å². The van der Waals surface area contributed by atoms with E-state index in [0.717, 1.165) is 33.9 Å².